The summed E-state index contributed by atoms with van der Waals surface area (Å²) >= 11 is 0. The van der Waals surface area contributed by atoms with Crippen molar-refractivity contribution in [2.24, 2.45) is 17.1 Å². The molecule has 2 aliphatic heterocycles. The van der Waals surface area contributed by atoms with Crippen LogP contribution in [-0.2, 0) is 19.1 Å². The molecule has 0 bridgehead atoms. The lowest BCUT2D eigenvalue weighted by Crippen LogP contribution is -2.51. The van der Waals surface area contributed by atoms with Crippen LogP contribution < -0.4 is 10.5 Å². The van der Waals surface area contributed by atoms with E-state index in [1.807, 2.05) is 20.8 Å². The molecule has 2 saturated heterocycles. The number of likely N-dealkylation sites (tertiary alicyclic amines) is 1. The van der Waals surface area contributed by atoms with Crippen molar-refractivity contribution in [3.8, 4) is 5.75 Å². The molecule has 184 valence electrons. The van der Waals surface area contributed by atoms with Crippen molar-refractivity contribution in [3.63, 3.8) is 0 Å². The van der Waals surface area contributed by atoms with Crippen molar-refractivity contribution in [1.29, 1.82) is 0 Å². The highest BCUT2D eigenvalue weighted by Gasteiger charge is 2.58. The first-order valence-corrected chi connectivity index (χ1v) is 11.5. The van der Waals surface area contributed by atoms with Crippen LogP contribution in [0, 0.1) is 11.3 Å². The summed E-state index contributed by atoms with van der Waals surface area (Å²) < 4.78 is 42.2. The third-order valence-corrected chi connectivity index (χ3v) is 6.41. The van der Waals surface area contributed by atoms with Gasteiger partial charge in [-0.15, -0.1) is 0 Å². The third-order valence-electron chi connectivity index (χ3n) is 6.41. The molecule has 0 spiro atoms. The lowest BCUT2D eigenvalue weighted by atomic mass is 9.73. The number of ether oxygens (including phenoxy) is 3. The number of esters is 1. The van der Waals surface area contributed by atoms with Gasteiger partial charge in [0.25, 0.3) is 5.91 Å². The Hall–Kier alpha value is -2.26. The van der Waals surface area contributed by atoms with Crippen LogP contribution in [0.15, 0.2) is 24.3 Å². The molecule has 9 heteroatoms. The summed E-state index contributed by atoms with van der Waals surface area (Å²) in [6.45, 7) is 5.04. The van der Waals surface area contributed by atoms with E-state index in [0.717, 1.165) is 12.8 Å². The van der Waals surface area contributed by atoms with E-state index in [2.05, 4.69) is 0 Å². The summed E-state index contributed by atoms with van der Waals surface area (Å²) in [5.41, 5.74) is 6.58. The summed E-state index contributed by atoms with van der Waals surface area (Å²) in [4.78, 5) is 28.4. The Bertz CT molecular complexity index is 838. The number of para-hydroxylation sites is 1. The monoisotopic (exact) mass is 468 g/mol. The van der Waals surface area contributed by atoms with Gasteiger partial charge in [0.15, 0.2) is 0 Å². The normalized spacial score (nSPS) is 28.1. The Kier molecular flexibility index (Phi) is 7.95. The van der Waals surface area contributed by atoms with Crippen molar-refractivity contribution >= 4 is 11.9 Å². The van der Waals surface area contributed by atoms with Crippen LogP contribution in [0.3, 0.4) is 0 Å². The molecule has 0 radical (unpaired) electrons. The Morgan fingerprint density at radius 3 is 2.52 bits per heavy atom. The van der Waals surface area contributed by atoms with E-state index >= 15 is 0 Å². The molecule has 33 heavy (non-hydrogen) atoms. The summed E-state index contributed by atoms with van der Waals surface area (Å²) in [6, 6.07) is 3.69. The van der Waals surface area contributed by atoms with Crippen molar-refractivity contribution in [2.45, 2.75) is 77.8 Å². The van der Waals surface area contributed by atoms with Crippen molar-refractivity contribution in [1.82, 2.24) is 4.90 Å². The lowest BCUT2D eigenvalue weighted by molar-refractivity contribution is -0.162. The van der Waals surface area contributed by atoms with Crippen LogP contribution in [0.2, 0.25) is 0 Å². The highest BCUT2D eigenvalue weighted by atomic mass is 19.3. The van der Waals surface area contributed by atoms with Crippen molar-refractivity contribution in [2.75, 3.05) is 13.2 Å². The fourth-order valence-corrected chi connectivity index (χ4v) is 5.14. The zero-order valence-corrected chi connectivity index (χ0v) is 19.6. The first-order valence-electron chi connectivity index (χ1n) is 11.5. The minimum absolute atomic E-state index is 0.0764. The van der Waals surface area contributed by atoms with Gasteiger partial charge < -0.3 is 24.8 Å². The molecule has 3 rings (SSSR count). The maximum Gasteiger partial charge on any atom is 0.387 e. The standard InChI is InChI=1S/C24H34F2N2O5/c1-5-31-22(30)20-17(24(2,3)4)18(27)19(14-10-6-7-11-15(14)33-23(25)26)28(20)21(29)16-12-8-9-13-32-16/h6-7,10-11,16-20,23H,5,8-9,12-13,27H2,1-4H3/t16-,17-,18-,19-,20-/m0/s1. The molecule has 2 fully saturated rings. The predicted molar refractivity (Wildman–Crippen MR) is 118 cm³/mol. The molecule has 0 saturated carbocycles. The van der Waals surface area contributed by atoms with Gasteiger partial charge in [0.2, 0.25) is 0 Å². The van der Waals surface area contributed by atoms with Crippen molar-refractivity contribution < 1.29 is 32.6 Å². The van der Waals surface area contributed by atoms with Gasteiger partial charge in [-0.25, -0.2) is 4.79 Å². The van der Waals surface area contributed by atoms with Crippen LogP contribution in [-0.4, -0.2) is 54.8 Å². The molecule has 2 heterocycles. The smallest absolute Gasteiger partial charge is 0.387 e. The maximum absolute atomic E-state index is 13.8. The first-order chi connectivity index (χ1) is 15.6. The van der Waals surface area contributed by atoms with Crippen molar-refractivity contribution in [3.05, 3.63) is 29.8 Å². The number of hydrogen-bond acceptors (Lipinski definition) is 6. The maximum atomic E-state index is 13.8. The second kappa shape index (κ2) is 10.3. The molecular formula is C24H34F2N2O5. The molecule has 0 aromatic heterocycles. The minimum Gasteiger partial charge on any atom is -0.464 e. The quantitative estimate of drug-likeness (QED) is 0.641. The molecule has 1 aromatic rings. The molecule has 7 nitrogen and oxygen atoms in total. The van der Waals surface area contributed by atoms with Crippen LogP contribution in [0.25, 0.3) is 0 Å². The number of hydrogen-bond donors (Lipinski definition) is 1. The summed E-state index contributed by atoms with van der Waals surface area (Å²) in [6.07, 6.45) is 1.46. The van der Waals surface area contributed by atoms with Crippen LogP contribution in [0.4, 0.5) is 8.78 Å². The zero-order valence-electron chi connectivity index (χ0n) is 19.6. The van der Waals surface area contributed by atoms with Gasteiger partial charge in [0.05, 0.1) is 12.6 Å². The second-order valence-electron chi connectivity index (χ2n) is 9.63. The number of benzene rings is 1. The van der Waals surface area contributed by atoms with E-state index in [-0.39, 0.29) is 18.3 Å². The fourth-order valence-electron chi connectivity index (χ4n) is 5.14. The average Bonchev–Trinajstić information content (AvgIpc) is 3.07. The molecule has 2 N–H and O–H groups in total. The molecule has 5 atom stereocenters. The third kappa shape index (κ3) is 5.30. The largest absolute Gasteiger partial charge is 0.464 e. The van der Waals surface area contributed by atoms with Crippen LogP contribution in [0.1, 0.15) is 58.6 Å². The summed E-state index contributed by atoms with van der Waals surface area (Å²) in [5, 5.41) is 0. The molecule has 0 unspecified atom stereocenters. The Morgan fingerprint density at radius 2 is 1.94 bits per heavy atom. The summed E-state index contributed by atoms with van der Waals surface area (Å²) in [5.74, 6) is -1.51. The highest BCUT2D eigenvalue weighted by molar-refractivity contribution is 5.89. The lowest BCUT2D eigenvalue weighted by Gasteiger charge is -2.36. The van der Waals surface area contributed by atoms with Gasteiger partial charge in [-0.1, -0.05) is 39.0 Å². The van der Waals surface area contributed by atoms with Gasteiger partial charge in [-0.05, 0) is 37.7 Å². The summed E-state index contributed by atoms with van der Waals surface area (Å²) in [7, 11) is 0. The first kappa shape index (κ1) is 25.4. The minimum atomic E-state index is -3.05. The van der Waals surface area contributed by atoms with E-state index in [1.54, 1.807) is 25.1 Å². The molecule has 0 aliphatic carbocycles. The number of halogens is 2. The number of amides is 1. The molecule has 2 aliphatic rings. The number of carbonyl (C=O) groups is 2. The van der Waals surface area contributed by atoms with Gasteiger partial charge in [0.1, 0.15) is 17.9 Å². The number of nitrogens with zero attached hydrogens (tertiary/aromatic N) is 1. The SMILES string of the molecule is CCOC(=O)[C@@H]1[C@@H](C(C)(C)C)[C@H](N)[C@H](c2ccccc2OC(F)F)N1C(=O)[C@@H]1CCCCO1. The second-order valence-corrected chi connectivity index (χ2v) is 9.63. The number of alkyl halides is 2. The predicted octanol–water partition coefficient (Wildman–Crippen LogP) is 3.66. The fraction of sp³-hybridized carbons (Fsp3) is 0.667. The van der Waals surface area contributed by atoms with Gasteiger partial charge in [0, 0.05) is 24.1 Å². The average molecular weight is 469 g/mol. The van der Waals surface area contributed by atoms with E-state index in [9.17, 15) is 18.4 Å². The van der Waals surface area contributed by atoms with E-state index in [4.69, 9.17) is 19.9 Å². The molecular weight excluding hydrogens is 434 g/mol. The highest BCUT2D eigenvalue weighted by Crippen LogP contribution is 2.49. The topological polar surface area (TPSA) is 91.1 Å². The van der Waals surface area contributed by atoms with E-state index in [1.165, 1.54) is 11.0 Å². The number of rotatable bonds is 6. The molecule has 1 aromatic carbocycles. The van der Waals surface area contributed by atoms with E-state index in [0.29, 0.717) is 18.6 Å². The Morgan fingerprint density at radius 1 is 1.24 bits per heavy atom. The Labute approximate surface area is 193 Å². The van der Waals surface area contributed by atoms with Crippen LogP contribution >= 0.6 is 0 Å². The van der Waals surface area contributed by atoms with Gasteiger partial charge >= 0.3 is 12.6 Å². The van der Waals surface area contributed by atoms with Gasteiger partial charge in [-0.3, -0.25) is 4.79 Å². The molecule has 1 amide bonds. The number of nitrogens with two attached hydrogens (primary N) is 1. The number of carbonyl (C=O) groups excluding carboxylic acids is 2. The Balaban J connectivity index is 2.16. The zero-order chi connectivity index (χ0) is 24.3. The van der Waals surface area contributed by atoms with Crippen LogP contribution in [0.5, 0.6) is 5.75 Å². The van der Waals surface area contributed by atoms with E-state index < -0.39 is 48.1 Å². The van der Waals surface area contributed by atoms with Gasteiger partial charge in [-0.2, -0.15) is 8.78 Å².